The van der Waals surface area contributed by atoms with E-state index < -0.39 is 0 Å². The molecule has 4 heteroatoms. The molecule has 1 rings (SSSR count). The van der Waals surface area contributed by atoms with Crippen molar-refractivity contribution in [2.75, 3.05) is 11.9 Å². The lowest BCUT2D eigenvalue weighted by atomic mass is 10.2. The molecule has 0 aromatic carbocycles. The van der Waals surface area contributed by atoms with Gasteiger partial charge < -0.3 is 11.1 Å². The Morgan fingerprint density at radius 3 is 2.79 bits per heavy atom. The van der Waals surface area contributed by atoms with Crippen LogP contribution in [0.1, 0.15) is 25.5 Å². The van der Waals surface area contributed by atoms with Crippen LogP contribution in [-0.4, -0.2) is 22.8 Å². The zero-order valence-corrected chi connectivity index (χ0v) is 8.83. The molecule has 0 aliphatic carbocycles. The molecule has 1 unspecified atom stereocenters. The lowest BCUT2D eigenvalue weighted by Gasteiger charge is -2.13. The number of rotatable bonds is 5. The molecule has 0 amide bonds. The molecule has 0 aliphatic rings. The van der Waals surface area contributed by atoms with Crippen LogP contribution in [0.3, 0.4) is 0 Å². The van der Waals surface area contributed by atoms with Crippen molar-refractivity contribution in [3.63, 3.8) is 0 Å². The van der Waals surface area contributed by atoms with Crippen molar-refractivity contribution in [3.05, 3.63) is 17.8 Å². The molecule has 0 spiro atoms. The molecule has 1 atom stereocenters. The molecule has 1 aromatic rings. The maximum atomic E-state index is 5.43. The Labute approximate surface area is 84.9 Å². The minimum atomic E-state index is 0.399. The molecular formula is C10H18N4. The van der Waals surface area contributed by atoms with Gasteiger partial charge in [-0.3, -0.25) is 0 Å². The van der Waals surface area contributed by atoms with Crippen LogP contribution in [-0.2, 0) is 0 Å². The Balaban J connectivity index is 2.39. The summed E-state index contributed by atoms with van der Waals surface area (Å²) in [5.41, 5.74) is 6.37. The van der Waals surface area contributed by atoms with E-state index in [1.807, 2.05) is 19.1 Å². The molecule has 0 saturated heterocycles. The van der Waals surface area contributed by atoms with Crippen LogP contribution < -0.4 is 11.1 Å². The highest BCUT2D eigenvalue weighted by molar-refractivity contribution is 5.33. The van der Waals surface area contributed by atoms with Crippen LogP contribution in [0.5, 0.6) is 0 Å². The molecule has 3 N–H and O–H groups in total. The second-order valence-electron chi connectivity index (χ2n) is 3.54. The maximum absolute atomic E-state index is 5.43. The highest BCUT2D eigenvalue weighted by Gasteiger charge is 2.01. The Bertz CT molecular complexity index is 257. The van der Waals surface area contributed by atoms with Crippen molar-refractivity contribution < 1.29 is 0 Å². The first kappa shape index (κ1) is 10.9. The maximum Gasteiger partial charge on any atom is 0.148 e. The molecule has 14 heavy (non-hydrogen) atoms. The van der Waals surface area contributed by atoms with Gasteiger partial charge in [-0.05, 0) is 45.4 Å². The van der Waals surface area contributed by atoms with Crippen molar-refractivity contribution in [1.82, 2.24) is 10.2 Å². The number of aryl methyl sites for hydroxylation is 1. The summed E-state index contributed by atoms with van der Waals surface area (Å²) in [5.74, 6) is 0.833. The predicted molar refractivity (Wildman–Crippen MR) is 58.1 cm³/mol. The van der Waals surface area contributed by atoms with Crippen LogP contribution in [0.2, 0.25) is 0 Å². The fourth-order valence-electron chi connectivity index (χ4n) is 1.22. The zero-order valence-electron chi connectivity index (χ0n) is 8.83. The SMILES string of the molecule is Cc1ccc(NC(C)CCCN)nn1. The summed E-state index contributed by atoms with van der Waals surface area (Å²) >= 11 is 0. The lowest BCUT2D eigenvalue weighted by Crippen LogP contribution is -2.17. The molecule has 0 aliphatic heterocycles. The van der Waals surface area contributed by atoms with Gasteiger partial charge in [0.05, 0.1) is 5.69 Å². The van der Waals surface area contributed by atoms with Gasteiger partial charge in [0.15, 0.2) is 0 Å². The average Bonchev–Trinajstić information content (AvgIpc) is 2.18. The second kappa shape index (κ2) is 5.54. The van der Waals surface area contributed by atoms with Gasteiger partial charge in [0.25, 0.3) is 0 Å². The molecule has 0 bridgehead atoms. The summed E-state index contributed by atoms with van der Waals surface area (Å²) in [4.78, 5) is 0. The molecule has 1 heterocycles. The first-order valence-electron chi connectivity index (χ1n) is 4.99. The van der Waals surface area contributed by atoms with Gasteiger partial charge in [0.1, 0.15) is 5.82 Å². The van der Waals surface area contributed by atoms with Gasteiger partial charge in [-0.1, -0.05) is 0 Å². The van der Waals surface area contributed by atoms with Crippen molar-refractivity contribution in [3.8, 4) is 0 Å². The van der Waals surface area contributed by atoms with Gasteiger partial charge in [0, 0.05) is 6.04 Å². The fourth-order valence-corrected chi connectivity index (χ4v) is 1.22. The van der Waals surface area contributed by atoms with Crippen LogP contribution in [0, 0.1) is 6.92 Å². The smallest absolute Gasteiger partial charge is 0.148 e. The lowest BCUT2D eigenvalue weighted by molar-refractivity contribution is 0.659. The fraction of sp³-hybridized carbons (Fsp3) is 0.600. The van der Waals surface area contributed by atoms with E-state index in [2.05, 4.69) is 22.4 Å². The molecule has 4 nitrogen and oxygen atoms in total. The summed E-state index contributed by atoms with van der Waals surface area (Å²) in [7, 11) is 0. The number of nitrogens with two attached hydrogens (primary N) is 1. The molecule has 0 radical (unpaired) electrons. The highest BCUT2D eigenvalue weighted by atomic mass is 15.2. The monoisotopic (exact) mass is 194 g/mol. The van der Waals surface area contributed by atoms with Gasteiger partial charge in [-0.15, -0.1) is 5.10 Å². The van der Waals surface area contributed by atoms with Crippen molar-refractivity contribution in [1.29, 1.82) is 0 Å². The Morgan fingerprint density at radius 1 is 1.43 bits per heavy atom. The molecule has 1 aromatic heterocycles. The molecule has 0 saturated carbocycles. The third-order valence-electron chi connectivity index (χ3n) is 2.03. The van der Waals surface area contributed by atoms with E-state index in [0.29, 0.717) is 6.04 Å². The number of nitrogens with one attached hydrogen (secondary N) is 1. The van der Waals surface area contributed by atoms with Crippen molar-refractivity contribution >= 4 is 5.82 Å². The third kappa shape index (κ3) is 3.70. The average molecular weight is 194 g/mol. The zero-order chi connectivity index (χ0) is 10.4. The van der Waals surface area contributed by atoms with E-state index in [4.69, 9.17) is 5.73 Å². The van der Waals surface area contributed by atoms with Crippen LogP contribution in [0.25, 0.3) is 0 Å². The van der Waals surface area contributed by atoms with E-state index >= 15 is 0 Å². The summed E-state index contributed by atoms with van der Waals surface area (Å²) in [6.07, 6.45) is 2.10. The summed E-state index contributed by atoms with van der Waals surface area (Å²) < 4.78 is 0. The summed E-state index contributed by atoms with van der Waals surface area (Å²) in [6, 6.07) is 4.29. The molecule has 78 valence electrons. The highest BCUT2D eigenvalue weighted by Crippen LogP contribution is 2.06. The largest absolute Gasteiger partial charge is 0.366 e. The van der Waals surface area contributed by atoms with Gasteiger partial charge >= 0.3 is 0 Å². The number of nitrogens with zero attached hydrogens (tertiary/aromatic N) is 2. The number of hydrogen-bond acceptors (Lipinski definition) is 4. The quantitative estimate of drug-likeness (QED) is 0.742. The summed E-state index contributed by atoms with van der Waals surface area (Å²) in [6.45, 7) is 4.79. The first-order chi connectivity index (χ1) is 6.72. The molecule has 0 fully saturated rings. The minimum Gasteiger partial charge on any atom is -0.366 e. The van der Waals surface area contributed by atoms with Crippen molar-refractivity contribution in [2.45, 2.75) is 32.7 Å². The predicted octanol–water partition coefficient (Wildman–Crippen LogP) is 1.32. The first-order valence-corrected chi connectivity index (χ1v) is 4.99. The number of anilines is 1. The van der Waals surface area contributed by atoms with Gasteiger partial charge in [-0.2, -0.15) is 5.10 Å². The Hall–Kier alpha value is -1.16. The second-order valence-corrected chi connectivity index (χ2v) is 3.54. The van der Waals surface area contributed by atoms with Crippen LogP contribution >= 0.6 is 0 Å². The Morgan fingerprint density at radius 2 is 2.21 bits per heavy atom. The molecular weight excluding hydrogens is 176 g/mol. The van der Waals surface area contributed by atoms with Crippen LogP contribution in [0.4, 0.5) is 5.82 Å². The van der Waals surface area contributed by atoms with E-state index in [0.717, 1.165) is 30.9 Å². The normalized spacial score (nSPS) is 12.5. The van der Waals surface area contributed by atoms with E-state index in [9.17, 15) is 0 Å². The number of hydrogen-bond donors (Lipinski definition) is 2. The standard InChI is InChI=1S/C10H18N4/c1-8(4-3-7-11)12-10-6-5-9(2)13-14-10/h5-6,8H,3-4,7,11H2,1-2H3,(H,12,14). The van der Waals surface area contributed by atoms with Gasteiger partial charge in [0.2, 0.25) is 0 Å². The Kier molecular flexibility index (Phi) is 4.32. The van der Waals surface area contributed by atoms with E-state index in [-0.39, 0.29) is 0 Å². The number of aromatic nitrogens is 2. The third-order valence-corrected chi connectivity index (χ3v) is 2.03. The van der Waals surface area contributed by atoms with E-state index in [1.165, 1.54) is 0 Å². The van der Waals surface area contributed by atoms with Crippen molar-refractivity contribution in [2.24, 2.45) is 5.73 Å². The minimum absolute atomic E-state index is 0.399. The van der Waals surface area contributed by atoms with Crippen LogP contribution in [0.15, 0.2) is 12.1 Å². The van der Waals surface area contributed by atoms with Gasteiger partial charge in [-0.25, -0.2) is 0 Å². The van der Waals surface area contributed by atoms with E-state index in [1.54, 1.807) is 0 Å². The topological polar surface area (TPSA) is 63.8 Å². The summed E-state index contributed by atoms with van der Waals surface area (Å²) in [5, 5.41) is 11.3.